The normalized spacial score (nSPS) is 12.1. The molecule has 0 unspecified atom stereocenters. The van der Waals surface area contributed by atoms with Gasteiger partial charge < -0.3 is 0 Å². The first-order valence-corrected chi connectivity index (χ1v) is 13.2. The van der Waals surface area contributed by atoms with Crippen molar-refractivity contribution < 1.29 is 16.8 Å². The van der Waals surface area contributed by atoms with Crippen LogP contribution in [0.2, 0.25) is 10.0 Å². The first-order valence-electron chi connectivity index (χ1n) is 8.58. The Kier molecular flexibility index (Phi) is 5.84. The van der Waals surface area contributed by atoms with Crippen LogP contribution in [0.25, 0.3) is 10.8 Å². The largest absolute Gasteiger partial charge is 0.277 e. The number of anilines is 2. The summed E-state index contributed by atoms with van der Waals surface area (Å²) < 4.78 is 56.5. The van der Waals surface area contributed by atoms with Crippen LogP contribution < -0.4 is 9.44 Å². The summed E-state index contributed by atoms with van der Waals surface area (Å²) in [4.78, 5) is 4.00. The van der Waals surface area contributed by atoms with Gasteiger partial charge in [-0.05, 0) is 35.7 Å². The second-order valence-electron chi connectivity index (χ2n) is 6.31. The van der Waals surface area contributed by atoms with Crippen LogP contribution in [-0.2, 0) is 20.0 Å². The SMILES string of the molecule is O=S(=O)(Nc1cc(Cl)c(Cl)cc1NS(=O)(=O)c1cccc2cnccc12)c1cccs1. The predicted molar refractivity (Wildman–Crippen MR) is 124 cm³/mol. The van der Waals surface area contributed by atoms with Gasteiger partial charge in [0.25, 0.3) is 20.0 Å². The van der Waals surface area contributed by atoms with Gasteiger partial charge in [0.05, 0.1) is 26.3 Å². The average molecular weight is 514 g/mol. The molecule has 160 valence electrons. The molecular formula is C19H13Cl2N3O4S3. The van der Waals surface area contributed by atoms with Gasteiger partial charge in [-0.25, -0.2) is 16.8 Å². The van der Waals surface area contributed by atoms with Crippen molar-refractivity contribution in [2.45, 2.75) is 9.10 Å². The number of pyridine rings is 1. The summed E-state index contributed by atoms with van der Waals surface area (Å²) in [5, 5.41) is 2.83. The topological polar surface area (TPSA) is 105 Å². The van der Waals surface area contributed by atoms with Crippen molar-refractivity contribution in [3.63, 3.8) is 0 Å². The van der Waals surface area contributed by atoms with E-state index in [1.807, 2.05) is 0 Å². The molecule has 0 atom stereocenters. The zero-order valence-corrected chi connectivity index (χ0v) is 19.4. The highest BCUT2D eigenvalue weighted by Crippen LogP contribution is 2.36. The van der Waals surface area contributed by atoms with Crippen molar-refractivity contribution in [3.05, 3.63) is 76.3 Å². The molecule has 0 spiro atoms. The molecule has 0 radical (unpaired) electrons. The minimum atomic E-state index is -4.11. The van der Waals surface area contributed by atoms with Crippen LogP contribution in [0, 0.1) is 0 Å². The summed E-state index contributed by atoms with van der Waals surface area (Å²) >= 11 is 13.2. The van der Waals surface area contributed by atoms with E-state index in [4.69, 9.17) is 23.2 Å². The van der Waals surface area contributed by atoms with E-state index < -0.39 is 20.0 Å². The van der Waals surface area contributed by atoms with Gasteiger partial charge in [0, 0.05) is 23.2 Å². The second-order valence-corrected chi connectivity index (χ2v) is 11.6. The van der Waals surface area contributed by atoms with Crippen molar-refractivity contribution in [2.24, 2.45) is 0 Å². The van der Waals surface area contributed by atoms with Gasteiger partial charge in [-0.3, -0.25) is 14.4 Å². The van der Waals surface area contributed by atoms with Crippen molar-refractivity contribution in [2.75, 3.05) is 9.44 Å². The summed E-state index contributed by atoms with van der Waals surface area (Å²) in [7, 11) is -8.07. The maximum absolute atomic E-state index is 13.2. The van der Waals surface area contributed by atoms with Gasteiger partial charge in [-0.15, -0.1) is 11.3 Å². The van der Waals surface area contributed by atoms with E-state index in [9.17, 15) is 16.8 Å². The maximum atomic E-state index is 13.2. The molecule has 12 heteroatoms. The van der Waals surface area contributed by atoms with Crippen LogP contribution in [0.4, 0.5) is 11.4 Å². The Hall–Kier alpha value is -2.37. The molecule has 2 heterocycles. The summed E-state index contributed by atoms with van der Waals surface area (Å²) in [6.45, 7) is 0. The van der Waals surface area contributed by atoms with Crippen LogP contribution in [0.5, 0.6) is 0 Å². The Balaban J connectivity index is 1.78. The summed E-state index contributed by atoms with van der Waals surface area (Å²) in [6.07, 6.45) is 3.04. The first-order chi connectivity index (χ1) is 14.7. The Labute approximate surface area is 192 Å². The van der Waals surface area contributed by atoms with Crippen molar-refractivity contribution in [1.82, 2.24) is 4.98 Å². The number of benzene rings is 2. The molecule has 2 aromatic heterocycles. The smallest absolute Gasteiger partial charge is 0.271 e. The number of aromatic nitrogens is 1. The Morgan fingerprint density at radius 2 is 1.52 bits per heavy atom. The molecule has 0 aliphatic heterocycles. The highest BCUT2D eigenvalue weighted by Gasteiger charge is 2.23. The summed E-state index contributed by atoms with van der Waals surface area (Å²) in [6, 6.07) is 11.9. The molecule has 2 aromatic carbocycles. The Morgan fingerprint density at radius 1 is 0.839 bits per heavy atom. The van der Waals surface area contributed by atoms with E-state index in [2.05, 4.69) is 14.4 Å². The molecule has 0 aliphatic carbocycles. The van der Waals surface area contributed by atoms with Crippen LogP contribution >= 0.6 is 34.5 Å². The zero-order valence-electron chi connectivity index (χ0n) is 15.4. The van der Waals surface area contributed by atoms with Gasteiger partial charge in [-0.2, -0.15) is 0 Å². The number of rotatable bonds is 6. The van der Waals surface area contributed by atoms with Crippen LogP contribution in [-0.4, -0.2) is 21.8 Å². The van der Waals surface area contributed by atoms with E-state index in [0.29, 0.717) is 10.8 Å². The molecular weight excluding hydrogens is 501 g/mol. The Morgan fingerprint density at radius 3 is 2.16 bits per heavy atom. The first kappa shape index (κ1) is 21.8. The van der Waals surface area contributed by atoms with Crippen LogP contribution in [0.3, 0.4) is 0 Å². The highest BCUT2D eigenvalue weighted by molar-refractivity contribution is 7.94. The van der Waals surface area contributed by atoms with Gasteiger partial charge >= 0.3 is 0 Å². The molecule has 31 heavy (non-hydrogen) atoms. The third-order valence-electron chi connectivity index (χ3n) is 4.24. The standard InChI is InChI=1S/C19H13Cl2N3O4S3/c20-14-9-16(17(10-15(14)21)24-31(27,28)19-5-2-8-29-19)23-30(25,26)18-4-1-3-12-11-22-7-6-13(12)18/h1-11,23-24H. The van der Waals surface area contributed by atoms with Crippen LogP contribution in [0.1, 0.15) is 0 Å². The molecule has 2 N–H and O–H groups in total. The van der Waals surface area contributed by atoms with Gasteiger partial charge in [0.2, 0.25) is 0 Å². The van der Waals surface area contributed by atoms with Crippen LogP contribution in [0.15, 0.2) is 75.4 Å². The lowest BCUT2D eigenvalue weighted by atomic mass is 10.2. The minimum Gasteiger partial charge on any atom is -0.277 e. The lowest BCUT2D eigenvalue weighted by Crippen LogP contribution is -2.17. The summed E-state index contributed by atoms with van der Waals surface area (Å²) in [5.41, 5.74) is -0.131. The Bertz CT molecular complexity index is 1480. The van der Waals surface area contributed by atoms with Gasteiger partial charge in [0.1, 0.15) is 4.21 Å². The fourth-order valence-electron chi connectivity index (χ4n) is 2.85. The molecule has 0 aliphatic rings. The van der Waals surface area contributed by atoms with Crippen molar-refractivity contribution in [3.8, 4) is 0 Å². The monoisotopic (exact) mass is 513 g/mol. The zero-order chi connectivity index (χ0) is 22.2. The molecule has 0 amide bonds. The summed E-state index contributed by atoms with van der Waals surface area (Å²) in [5.74, 6) is 0. The van der Waals surface area contributed by atoms with Crippen molar-refractivity contribution >= 4 is 76.7 Å². The highest BCUT2D eigenvalue weighted by atomic mass is 35.5. The minimum absolute atomic E-state index is 0.00513. The fourth-order valence-corrected chi connectivity index (χ4v) is 6.55. The lowest BCUT2D eigenvalue weighted by Gasteiger charge is -2.16. The van der Waals surface area contributed by atoms with Gasteiger partial charge in [-0.1, -0.05) is 41.4 Å². The second kappa shape index (κ2) is 8.29. The lowest BCUT2D eigenvalue weighted by molar-refractivity contribution is 0.600. The number of fused-ring (bicyclic) bond motifs is 1. The number of thiophene rings is 1. The molecule has 4 rings (SSSR count). The van der Waals surface area contributed by atoms with E-state index in [0.717, 1.165) is 11.3 Å². The van der Waals surface area contributed by atoms with Crippen molar-refractivity contribution in [1.29, 1.82) is 0 Å². The molecule has 0 saturated heterocycles. The van der Waals surface area contributed by atoms with E-state index in [1.165, 1.54) is 30.5 Å². The fraction of sp³-hybridized carbons (Fsp3) is 0. The molecule has 0 bridgehead atoms. The number of hydrogen-bond acceptors (Lipinski definition) is 6. The predicted octanol–water partition coefficient (Wildman–Crippen LogP) is 5.20. The molecule has 4 aromatic rings. The molecule has 7 nitrogen and oxygen atoms in total. The third-order valence-corrected chi connectivity index (χ3v) is 9.15. The average Bonchev–Trinajstić information content (AvgIpc) is 3.27. The van der Waals surface area contributed by atoms with E-state index in [1.54, 1.807) is 35.8 Å². The molecule has 0 fully saturated rings. The number of sulfonamides is 2. The van der Waals surface area contributed by atoms with Gasteiger partial charge in [0.15, 0.2) is 0 Å². The maximum Gasteiger partial charge on any atom is 0.271 e. The van der Waals surface area contributed by atoms with E-state index in [-0.39, 0.29) is 30.5 Å². The quantitative estimate of drug-likeness (QED) is 0.368. The number of halogens is 2. The molecule has 0 saturated carbocycles. The van der Waals surface area contributed by atoms with E-state index >= 15 is 0 Å². The number of hydrogen-bond donors (Lipinski definition) is 2. The third kappa shape index (κ3) is 4.48. The number of nitrogens with one attached hydrogen (secondary N) is 2. The number of nitrogens with zero attached hydrogens (tertiary/aromatic N) is 1.